The molecule has 192 valence electrons. The molecule has 0 aliphatic carbocycles. The molecule has 1 aromatic heterocycles. The van der Waals surface area contributed by atoms with Crippen molar-refractivity contribution in [3.63, 3.8) is 0 Å². The van der Waals surface area contributed by atoms with Crippen molar-refractivity contribution in [2.45, 2.75) is 40.2 Å². The third-order valence-corrected chi connectivity index (χ3v) is 7.43. The quantitative estimate of drug-likeness (QED) is 0.199. The van der Waals surface area contributed by atoms with Gasteiger partial charge in [-0.25, -0.2) is 9.78 Å². The third-order valence-electron chi connectivity index (χ3n) is 6.29. The summed E-state index contributed by atoms with van der Waals surface area (Å²) in [7, 11) is 1.54. The van der Waals surface area contributed by atoms with Crippen molar-refractivity contribution in [2.75, 3.05) is 18.6 Å². The number of esters is 1. The number of anilines is 1. The topological polar surface area (TPSA) is 106 Å². The fourth-order valence-electron chi connectivity index (χ4n) is 4.33. The highest BCUT2D eigenvalue weighted by atomic mass is 32.1. The number of benzene rings is 2. The Morgan fingerprint density at radius 1 is 1.11 bits per heavy atom. The van der Waals surface area contributed by atoms with Gasteiger partial charge in [0.1, 0.15) is 16.4 Å². The summed E-state index contributed by atoms with van der Waals surface area (Å²) in [6.45, 7) is 7.36. The summed E-state index contributed by atoms with van der Waals surface area (Å²) >= 11 is 0.981. The van der Waals surface area contributed by atoms with Crippen molar-refractivity contribution in [2.24, 2.45) is 0 Å². The van der Waals surface area contributed by atoms with Crippen LogP contribution in [0.15, 0.2) is 48.0 Å². The van der Waals surface area contributed by atoms with E-state index >= 15 is 0 Å². The SMILES string of the molecule is CCOC(=O)c1sc(N2C(=O)C(=O)/C(=C(/O)c3ccc(OC)cc3C)[C@@H]2c2ccc(CC)cc2)nc1C. The lowest BCUT2D eigenvalue weighted by Crippen LogP contribution is -2.29. The maximum absolute atomic E-state index is 13.4. The normalized spacial score (nSPS) is 16.8. The molecular weight excluding hydrogens is 492 g/mol. The molecule has 1 saturated heterocycles. The van der Waals surface area contributed by atoms with Gasteiger partial charge in [0, 0.05) is 5.56 Å². The van der Waals surface area contributed by atoms with Crippen LogP contribution >= 0.6 is 11.3 Å². The molecule has 1 atom stereocenters. The average molecular weight is 521 g/mol. The van der Waals surface area contributed by atoms with Crippen LogP contribution in [0.2, 0.25) is 0 Å². The lowest BCUT2D eigenvalue weighted by molar-refractivity contribution is -0.132. The number of aryl methyl sites for hydroxylation is 3. The van der Waals surface area contributed by atoms with Gasteiger partial charge in [0.05, 0.1) is 31.0 Å². The van der Waals surface area contributed by atoms with Gasteiger partial charge in [0.2, 0.25) is 0 Å². The standard InChI is InChI=1S/C28H28N2O6S/c1-6-17-8-10-18(11-9-17)22-21(23(31)20-13-12-19(35-5)14-15(20)3)24(32)26(33)30(22)28-29-16(4)25(37-28)27(34)36-7-2/h8-14,22,31H,6-7H2,1-5H3/b23-21+/t22-/m0/s1. The molecule has 0 saturated carbocycles. The molecule has 8 nitrogen and oxygen atoms in total. The number of methoxy groups -OCH3 is 1. The number of aromatic nitrogens is 1. The molecule has 1 aliphatic rings. The Hall–Kier alpha value is -3.98. The molecule has 0 radical (unpaired) electrons. The van der Waals surface area contributed by atoms with Gasteiger partial charge < -0.3 is 14.6 Å². The number of hydrogen-bond donors (Lipinski definition) is 1. The minimum absolute atomic E-state index is 0.0481. The molecule has 2 aromatic carbocycles. The summed E-state index contributed by atoms with van der Waals surface area (Å²) < 4.78 is 10.4. The van der Waals surface area contributed by atoms with Crippen LogP contribution in [0.3, 0.4) is 0 Å². The summed E-state index contributed by atoms with van der Waals surface area (Å²) in [4.78, 5) is 45.2. The molecule has 3 aromatic rings. The molecule has 1 amide bonds. The summed E-state index contributed by atoms with van der Waals surface area (Å²) in [6.07, 6.45) is 0.820. The molecule has 37 heavy (non-hydrogen) atoms. The van der Waals surface area contributed by atoms with Crippen molar-refractivity contribution in [1.29, 1.82) is 0 Å². The third kappa shape index (κ3) is 4.74. The van der Waals surface area contributed by atoms with Gasteiger partial charge in [0.15, 0.2) is 5.13 Å². The number of aliphatic hydroxyl groups is 1. The first-order valence-corrected chi connectivity index (χ1v) is 12.7. The fraction of sp³-hybridized carbons (Fsp3) is 0.286. The van der Waals surface area contributed by atoms with Crippen LogP contribution in [-0.4, -0.2) is 41.5 Å². The number of carbonyl (C=O) groups excluding carboxylic acids is 3. The van der Waals surface area contributed by atoms with Crippen LogP contribution in [-0.2, 0) is 20.7 Å². The second kappa shape index (κ2) is 10.6. The van der Waals surface area contributed by atoms with Crippen LogP contribution in [0, 0.1) is 13.8 Å². The lowest BCUT2D eigenvalue weighted by atomic mass is 9.93. The predicted molar refractivity (Wildman–Crippen MR) is 141 cm³/mol. The van der Waals surface area contributed by atoms with E-state index in [1.54, 1.807) is 46.1 Å². The maximum Gasteiger partial charge on any atom is 0.350 e. The van der Waals surface area contributed by atoms with Gasteiger partial charge >= 0.3 is 11.9 Å². The first-order valence-electron chi connectivity index (χ1n) is 11.9. The minimum Gasteiger partial charge on any atom is -0.507 e. The molecule has 1 N–H and O–H groups in total. The molecule has 4 rings (SSSR count). The van der Waals surface area contributed by atoms with Crippen molar-refractivity contribution in [3.8, 4) is 5.75 Å². The number of Topliss-reactive ketones (excluding diaryl/α,β-unsaturated/α-hetero) is 1. The van der Waals surface area contributed by atoms with E-state index in [4.69, 9.17) is 9.47 Å². The molecule has 2 heterocycles. The average Bonchev–Trinajstić information content (AvgIpc) is 3.40. The second-order valence-corrected chi connectivity index (χ2v) is 9.55. The smallest absolute Gasteiger partial charge is 0.350 e. The van der Waals surface area contributed by atoms with Gasteiger partial charge in [-0.05, 0) is 62.1 Å². The molecule has 1 aliphatic heterocycles. The number of nitrogens with zero attached hydrogens (tertiary/aromatic N) is 2. The van der Waals surface area contributed by atoms with Crippen molar-refractivity contribution < 1.29 is 29.0 Å². The Morgan fingerprint density at radius 3 is 2.41 bits per heavy atom. The Bertz CT molecular complexity index is 1410. The number of aliphatic hydroxyl groups excluding tert-OH is 1. The molecule has 0 spiro atoms. The highest BCUT2D eigenvalue weighted by Gasteiger charge is 2.48. The van der Waals surface area contributed by atoms with Crippen molar-refractivity contribution in [1.82, 2.24) is 4.98 Å². The summed E-state index contributed by atoms with van der Waals surface area (Å²) in [5.74, 6) is -1.89. The zero-order valence-corrected chi connectivity index (χ0v) is 22.1. The molecule has 0 bridgehead atoms. The van der Waals surface area contributed by atoms with Crippen LogP contribution in [0.1, 0.15) is 57.5 Å². The molecular formula is C28H28N2O6S. The molecule has 9 heteroatoms. The molecule has 0 unspecified atom stereocenters. The number of thiazole rings is 1. The van der Waals surface area contributed by atoms with Gasteiger partial charge in [-0.15, -0.1) is 0 Å². The largest absolute Gasteiger partial charge is 0.507 e. The van der Waals surface area contributed by atoms with Crippen LogP contribution in [0.25, 0.3) is 5.76 Å². The Kier molecular flexibility index (Phi) is 7.45. The highest BCUT2D eigenvalue weighted by Crippen LogP contribution is 2.44. The van der Waals surface area contributed by atoms with E-state index in [1.807, 2.05) is 31.2 Å². The highest BCUT2D eigenvalue weighted by molar-refractivity contribution is 7.17. The van der Waals surface area contributed by atoms with Crippen molar-refractivity contribution in [3.05, 3.63) is 80.9 Å². The minimum atomic E-state index is -0.937. The monoisotopic (exact) mass is 520 g/mol. The number of hydrogen-bond acceptors (Lipinski definition) is 8. The Balaban J connectivity index is 1.92. The van der Waals surface area contributed by atoms with Gasteiger partial charge in [0.25, 0.3) is 5.78 Å². The Morgan fingerprint density at radius 2 is 1.81 bits per heavy atom. The van der Waals surface area contributed by atoms with Gasteiger partial charge in [-0.2, -0.15) is 0 Å². The number of amides is 1. The Labute approximate surface area is 219 Å². The summed E-state index contributed by atoms with van der Waals surface area (Å²) in [6, 6.07) is 11.7. The van der Waals surface area contributed by atoms with E-state index in [9.17, 15) is 19.5 Å². The van der Waals surface area contributed by atoms with Crippen LogP contribution in [0.5, 0.6) is 5.75 Å². The first kappa shape index (κ1) is 26.1. The zero-order valence-electron chi connectivity index (χ0n) is 21.3. The number of ether oxygens (including phenoxy) is 2. The lowest BCUT2D eigenvalue weighted by Gasteiger charge is -2.23. The predicted octanol–water partition coefficient (Wildman–Crippen LogP) is 5.13. The van der Waals surface area contributed by atoms with E-state index in [0.29, 0.717) is 28.1 Å². The van der Waals surface area contributed by atoms with Gasteiger partial charge in [-0.3, -0.25) is 14.5 Å². The summed E-state index contributed by atoms with van der Waals surface area (Å²) in [5.41, 5.74) is 3.16. The number of ketones is 1. The number of rotatable bonds is 7. The van der Waals surface area contributed by atoms with E-state index in [-0.39, 0.29) is 27.9 Å². The maximum atomic E-state index is 13.4. The first-order chi connectivity index (χ1) is 17.7. The van der Waals surface area contributed by atoms with Crippen molar-refractivity contribution >= 4 is 39.9 Å². The van der Waals surface area contributed by atoms with Crippen LogP contribution < -0.4 is 9.64 Å². The van der Waals surface area contributed by atoms with E-state index in [1.165, 1.54) is 4.90 Å². The van der Waals surface area contributed by atoms with E-state index in [2.05, 4.69) is 4.98 Å². The van der Waals surface area contributed by atoms with E-state index < -0.39 is 23.7 Å². The zero-order chi connectivity index (χ0) is 26.9. The fourth-order valence-corrected chi connectivity index (χ4v) is 5.31. The van der Waals surface area contributed by atoms with Crippen LogP contribution in [0.4, 0.5) is 5.13 Å². The number of carbonyl (C=O) groups is 3. The van der Waals surface area contributed by atoms with E-state index in [0.717, 1.165) is 23.3 Å². The summed E-state index contributed by atoms with van der Waals surface area (Å²) in [5, 5.41) is 11.6. The second-order valence-electron chi connectivity index (χ2n) is 8.58. The van der Waals surface area contributed by atoms with Gasteiger partial charge in [-0.1, -0.05) is 42.5 Å². The molecule has 1 fully saturated rings.